The molecule has 0 saturated carbocycles. The van der Waals surface area contributed by atoms with Gasteiger partial charge in [0.15, 0.2) is 0 Å². The van der Waals surface area contributed by atoms with Crippen molar-refractivity contribution in [1.29, 1.82) is 0 Å². The zero-order valence-electron chi connectivity index (χ0n) is 17.0. The first-order chi connectivity index (χ1) is 14.5. The summed E-state index contributed by atoms with van der Waals surface area (Å²) in [6.07, 6.45) is 2.77. The average molecular weight is 445 g/mol. The van der Waals surface area contributed by atoms with Crippen LogP contribution in [0, 0.1) is 0 Å². The molecule has 7 heteroatoms. The summed E-state index contributed by atoms with van der Waals surface area (Å²) in [5.74, 6) is 1.36. The first kappa shape index (κ1) is 21.2. The van der Waals surface area contributed by atoms with Crippen LogP contribution in [-0.4, -0.2) is 40.4 Å². The summed E-state index contributed by atoms with van der Waals surface area (Å²) in [7, 11) is 0. The van der Waals surface area contributed by atoms with Crippen LogP contribution in [0.4, 0.5) is 0 Å². The van der Waals surface area contributed by atoms with Gasteiger partial charge >= 0.3 is 0 Å². The molecular formula is C23H26Cl2N4O. The highest BCUT2D eigenvalue weighted by Gasteiger charge is 2.21. The Kier molecular flexibility index (Phi) is 6.61. The normalized spacial score (nSPS) is 16.6. The van der Waals surface area contributed by atoms with E-state index in [1.54, 1.807) is 12.1 Å². The second kappa shape index (κ2) is 9.38. The van der Waals surface area contributed by atoms with Gasteiger partial charge in [-0.05, 0) is 56.5 Å². The molecule has 1 aliphatic rings. The monoisotopic (exact) mass is 444 g/mol. The van der Waals surface area contributed by atoms with Gasteiger partial charge in [0.25, 0.3) is 0 Å². The van der Waals surface area contributed by atoms with Crippen molar-refractivity contribution in [2.24, 2.45) is 0 Å². The fraction of sp³-hybridized carbons (Fsp3) is 0.391. The molecule has 2 N–H and O–H groups in total. The van der Waals surface area contributed by atoms with Crippen LogP contribution in [0.5, 0.6) is 0 Å². The smallest absolute Gasteiger partial charge is 0.221 e. The SMILES string of the molecule is C[C@H](NC(=O)CCN1CCC(c2ccccc2)CC1)c1nc2cc(Cl)c(Cl)cc2[nH]1. The van der Waals surface area contributed by atoms with Crippen molar-refractivity contribution in [2.45, 2.75) is 38.1 Å². The lowest BCUT2D eigenvalue weighted by Gasteiger charge is -2.32. The second-order valence-corrected chi connectivity index (χ2v) is 8.79. The summed E-state index contributed by atoms with van der Waals surface area (Å²) in [6.45, 7) is 4.77. The van der Waals surface area contributed by atoms with Gasteiger partial charge in [-0.1, -0.05) is 53.5 Å². The van der Waals surface area contributed by atoms with Crippen LogP contribution in [0.25, 0.3) is 11.0 Å². The number of halogens is 2. The van der Waals surface area contributed by atoms with Crippen LogP contribution in [0.1, 0.15) is 49.5 Å². The fourth-order valence-electron chi connectivity index (χ4n) is 4.09. The molecule has 0 radical (unpaired) electrons. The predicted octanol–water partition coefficient (Wildman–Crippen LogP) is 5.32. The van der Waals surface area contributed by atoms with E-state index in [2.05, 4.69) is 50.5 Å². The number of hydrogen-bond donors (Lipinski definition) is 2. The van der Waals surface area contributed by atoms with Crippen molar-refractivity contribution in [2.75, 3.05) is 19.6 Å². The third-order valence-electron chi connectivity index (χ3n) is 5.84. The zero-order chi connectivity index (χ0) is 21.1. The number of piperidine rings is 1. The van der Waals surface area contributed by atoms with E-state index in [1.165, 1.54) is 5.56 Å². The van der Waals surface area contributed by atoms with Gasteiger partial charge in [-0.3, -0.25) is 4.79 Å². The van der Waals surface area contributed by atoms with E-state index in [0.29, 0.717) is 28.2 Å². The minimum Gasteiger partial charge on any atom is -0.346 e. The number of aromatic nitrogens is 2. The number of aromatic amines is 1. The Bertz CT molecular complexity index is 974. The lowest BCUT2D eigenvalue weighted by Crippen LogP contribution is -2.36. The predicted molar refractivity (Wildman–Crippen MR) is 122 cm³/mol. The third-order valence-corrected chi connectivity index (χ3v) is 6.57. The topological polar surface area (TPSA) is 61.0 Å². The van der Waals surface area contributed by atoms with Gasteiger partial charge in [0.1, 0.15) is 5.82 Å². The molecular weight excluding hydrogens is 419 g/mol. The Balaban J connectivity index is 1.25. The lowest BCUT2D eigenvalue weighted by molar-refractivity contribution is -0.122. The van der Waals surface area contributed by atoms with Crippen LogP contribution in [-0.2, 0) is 4.79 Å². The fourth-order valence-corrected chi connectivity index (χ4v) is 4.41. The number of benzene rings is 2. The van der Waals surface area contributed by atoms with Crippen LogP contribution >= 0.6 is 23.2 Å². The van der Waals surface area contributed by atoms with Crippen molar-refractivity contribution in [1.82, 2.24) is 20.2 Å². The molecule has 0 spiro atoms. The molecule has 2 aromatic carbocycles. The zero-order valence-corrected chi connectivity index (χ0v) is 18.5. The maximum atomic E-state index is 12.5. The van der Waals surface area contributed by atoms with Gasteiger partial charge in [0, 0.05) is 13.0 Å². The lowest BCUT2D eigenvalue weighted by atomic mass is 9.89. The molecule has 1 aromatic heterocycles. The molecule has 3 aromatic rings. The molecule has 1 atom stereocenters. The van der Waals surface area contributed by atoms with E-state index in [4.69, 9.17) is 23.2 Å². The summed E-state index contributed by atoms with van der Waals surface area (Å²) >= 11 is 12.1. The Morgan fingerprint density at radius 1 is 1.20 bits per heavy atom. The standard InChI is InChI=1S/C23H26Cl2N4O/c1-15(23-27-20-13-18(24)19(25)14-21(20)28-23)26-22(30)9-12-29-10-7-17(8-11-29)16-5-3-2-4-6-16/h2-6,13-15,17H,7-12H2,1H3,(H,26,30)(H,27,28)/t15-/m0/s1. The Morgan fingerprint density at radius 2 is 1.90 bits per heavy atom. The molecule has 158 valence electrons. The number of amides is 1. The number of nitrogens with one attached hydrogen (secondary N) is 2. The summed E-state index contributed by atoms with van der Waals surface area (Å²) < 4.78 is 0. The van der Waals surface area contributed by atoms with Crippen molar-refractivity contribution in [3.63, 3.8) is 0 Å². The highest BCUT2D eigenvalue weighted by molar-refractivity contribution is 6.42. The minimum atomic E-state index is -0.216. The van der Waals surface area contributed by atoms with E-state index in [0.717, 1.165) is 43.5 Å². The molecule has 5 nitrogen and oxygen atoms in total. The van der Waals surface area contributed by atoms with Gasteiger partial charge in [-0.15, -0.1) is 0 Å². The van der Waals surface area contributed by atoms with E-state index < -0.39 is 0 Å². The van der Waals surface area contributed by atoms with Gasteiger partial charge in [-0.2, -0.15) is 0 Å². The molecule has 4 rings (SSSR count). The number of H-pyrrole nitrogens is 1. The van der Waals surface area contributed by atoms with Crippen molar-refractivity contribution in [3.05, 3.63) is 63.9 Å². The van der Waals surface area contributed by atoms with E-state index in [9.17, 15) is 4.79 Å². The average Bonchev–Trinajstić information content (AvgIpc) is 3.16. The molecule has 0 aliphatic carbocycles. The summed E-state index contributed by atoms with van der Waals surface area (Å²) in [5.41, 5.74) is 2.97. The number of imidazole rings is 1. The second-order valence-electron chi connectivity index (χ2n) is 7.97. The van der Waals surface area contributed by atoms with Crippen molar-refractivity contribution >= 4 is 40.1 Å². The van der Waals surface area contributed by atoms with Crippen molar-refractivity contribution < 1.29 is 4.79 Å². The number of nitrogens with zero attached hydrogens (tertiary/aromatic N) is 2. The van der Waals surface area contributed by atoms with Crippen molar-refractivity contribution in [3.8, 4) is 0 Å². The molecule has 0 unspecified atom stereocenters. The van der Waals surface area contributed by atoms with Gasteiger partial charge in [0.05, 0.1) is 27.1 Å². The van der Waals surface area contributed by atoms with E-state index in [1.807, 2.05) is 6.92 Å². The van der Waals surface area contributed by atoms with E-state index in [-0.39, 0.29) is 11.9 Å². The molecule has 0 bridgehead atoms. The number of rotatable bonds is 6. The number of fused-ring (bicyclic) bond motifs is 1. The van der Waals surface area contributed by atoms with Crippen LogP contribution in [0.2, 0.25) is 10.0 Å². The number of carbonyl (C=O) groups is 1. The maximum Gasteiger partial charge on any atom is 0.221 e. The highest BCUT2D eigenvalue weighted by atomic mass is 35.5. The van der Waals surface area contributed by atoms with Crippen LogP contribution in [0.15, 0.2) is 42.5 Å². The molecule has 1 aliphatic heterocycles. The number of hydrogen-bond acceptors (Lipinski definition) is 3. The largest absolute Gasteiger partial charge is 0.346 e. The number of likely N-dealkylation sites (tertiary alicyclic amines) is 1. The molecule has 30 heavy (non-hydrogen) atoms. The Labute approximate surface area is 186 Å². The molecule has 2 heterocycles. The van der Waals surface area contributed by atoms with Gasteiger partial charge in [-0.25, -0.2) is 4.98 Å². The van der Waals surface area contributed by atoms with Crippen LogP contribution in [0.3, 0.4) is 0 Å². The maximum absolute atomic E-state index is 12.5. The summed E-state index contributed by atoms with van der Waals surface area (Å²) in [5, 5.41) is 3.98. The summed E-state index contributed by atoms with van der Waals surface area (Å²) in [6, 6.07) is 14.0. The van der Waals surface area contributed by atoms with E-state index >= 15 is 0 Å². The Hall–Kier alpha value is -2.08. The quantitative estimate of drug-likeness (QED) is 0.540. The van der Waals surface area contributed by atoms with Crippen LogP contribution < -0.4 is 5.32 Å². The first-order valence-electron chi connectivity index (χ1n) is 10.4. The number of carbonyl (C=O) groups excluding carboxylic acids is 1. The highest BCUT2D eigenvalue weighted by Crippen LogP contribution is 2.28. The minimum absolute atomic E-state index is 0.0317. The summed E-state index contributed by atoms with van der Waals surface area (Å²) in [4.78, 5) is 22.6. The molecule has 1 amide bonds. The van der Waals surface area contributed by atoms with Gasteiger partial charge < -0.3 is 15.2 Å². The molecule has 1 fully saturated rings. The molecule has 1 saturated heterocycles. The third kappa shape index (κ3) is 4.97. The van der Waals surface area contributed by atoms with Gasteiger partial charge in [0.2, 0.25) is 5.91 Å². The Morgan fingerprint density at radius 3 is 2.63 bits per heavy atom. The first-order valence-corrected chi connectivity index (χ1v) is 11.2.